The lowest BCUT2D eigenvalue weighted by Gasteiger charge is -2.12. The summed E-state index contributed by atoms with van der Waals surface area (Å²) in [4.78, 5) is 0. The molecule has 0 aliphatic rings. The summed E-state index contributed by atoms with van der Waals surface area (Å²) in [5, 5.41) is 8.94. The van der Waals surface area contributed by atoms with Crippen LogP contribution in [0, 0.1) is 5.82 Å². The topological polar surface area (TPSA) is 20.2 Å². The van der Waals surface area contributed by atoms with Gasteiger partial charge in [0.1, 0.15) is 11.9 Å². The highest BCUT2D eigenvalue weighted by molar-refractivity contribution is 9.10. The first-order valence-electron chi connectivity index (χ1n) is 3.44. The van der Waals surface area contributed by atoms with E-state index >= 15 is 0 Å². The molecule has 0 fully saturated rings. The number of rotatable bonds is 2. The average Bonchev–Trinajstić information content (AvgIpc) is 2.03. The number of hydrogen-bond acceptors (Lipinski definition) is 1. The van der Waals surface area contributed by atoms with Gasteiger partial charge in [0.05, 0.1) is 0 Å². The maximum atomic E-state index is 12.9. The fraction of sp³-hybridized carbons (Fsp3) is 0.250. The second kappa shape index (κ2) is 4.11. The van der Waals surface area contributed by atoms with Gasteiger partial charge in [-0.25, -0.2) is 13.2 Å². The minimum absolute atomic E-state index is 0.139. The second-order valence-electron chi connectivity index (χ2n) is 2.41. The molecule has 1 atom stereocenters. The number of alkyl halides is 2. The van der Waals surface area contributed by atoms with E-state index < -0.39 is 23.9 Å². The maximum absolute atomic E-state index is 12.9. The zero-order chi connectivity index (χ0) is 10.0. The normalized spacial score (nSPS) is 13.4. The zero-order valence-electron chi connectivity index (χ0n) is 6.35. The Morgan fingerprint density at radius 3 is 2.38 bits per heavy atom. The molecular weight excluding hydrogens is 249 g/mol. The number of aliphatic hydroxyl groups is 1. The SMILES string of the molecule is OC(c1c(F)cccc1Br)C(F)F. The molecule has 72 valence electrons. The maximum Gasteiger partial charge on any atom is 0.268 e. The minimum atomic E-state index is -2.99. The molecule has 5 heteroatoms. The third-order valence-electron chi connectivity index (χ3n) is 1.53. The second-order valence-corrected chi connectivity index (χ2v) is 3.27. The first kappa shape index (κ1) is 10.5. The summed E-state index contributed by atoms with van der Waals surface area (Å²) in [6, 6.07) is 3.77. The molecule has 0 amide bonds. The van der Waals surface area contributed by atoms with Gasteiger partial charge in [-0.05, 0) is 12.1 Å². The van der Waals surface area contributed by atoms with Gasteiger partial charge in [-0.3, -0.25) is 0 Å². The van der Waals surface area contributed by atoms with Gasteiger partial charge >= 0.3 is 0 Å². The van der Waals surface area contributed by atoms with Crippen LogP contribution in [0.25, 0.3) is 0 Å². The van der Waals surface area contributed by atoms with Crippen molar-refractivity contribution in [2.24, 2.45) is 0 Å². The summed E-state index contributed by atoms with van der Waals surface area (Å²) in [5.74, 6) is -0.845. The van der Waals surface area contributed by atoms with Crippen molar-refractivity contribution >= 4 is 15.9 Å². The van der Waals surface area contributed by atoms with Crippen molar-refractivity contribution in [1.29, 1.82) is 0 Å². The van der Waals surface area contributed by atoms with Crippen LogP contribution in [0.2, 0.25) is 0 Å². The predicted molar refractivity (Wildman–Crippen MR) is 45.1 cm³/mol. The van der Waals surface area contributed by atoms with Gasteiger partial charge in [0.15, 0.2) is 0 Å². The molecule has 0 saturated carbocycles. The average molecular weight is 255 g/mol. The van der Waals surface area contributed by atoms with Crippen molar-refractivity contribution < 1.29 is 18.3 Å². The van der Waals surface area contributed by atoms with Crippen LogP contribution in [0.1, 0.15) is 11.7 Å². The Balaban J connectivity index is 3.12. The van der Waals surface area contributed by atoms with Crippen LogP contribution in [-0.2, 0) is 0 Å². The van der Waals surface area contributed by atoms with E-state index in [1.807, 2.05) is 0 Å². The monoisotopic (exact) mass is 254 g/mol. The van der Waals surface area contributed by atoms with Gasteiger partial charge in [0.25, 0.3) is 6.43 Å². The van der Waals surface area contributed by atoms with Gasteiger partial charge in [-0.1, -0.05) is 22.0 Å². The minimum Gasteiger partial charge on any atom is -0.382 e. The standard InChI is InChI=1S/C8H6BrF3O/c9-4-2-1-3-5(10)6(4)7(13)8(11)12/h1-3,7-8,13H. The van der Waals surface area contributed by atoms with E-state index in [-0.39, 0.29) is 4.47 Å². The Hall–Kier alpha value is -0.550. The summed E-state index contributed by atoms with van der Waals surface area (Å²) in [6.45, 7) is 0. The summed E-state index contributed by atoms with van der Waals surface area (Å²) in [7, 11) is 0. The highest BCUT2D eigenvalue weighted by atomic mass is 79.9. The van der Waals surface area contributed by atoms with E-state index in [1.54, 1.807) is 0 Å². The molecular formula is C8H6BrF3O. The van der Waals surface area contributed by atoms with Crippen LogP contribution in [0.5, 0.6) is 0 Å². The van der Waals surface area contributed by atoms with Crippen LogP contribution in [0.15, 0.2) is 22.7 Å². The van der Waals surface area contributed by atoms with Gasteiger partial charge in [0.2, 0.25) is 0 Å². The molecule has 1 aromatic carbocycles. The zero-order valence-corrected chi connectivity index (χ0v) is 7.93. The molecule has 0 aromatic heterocycles. The Morgan fingerprint density at radius 2 is 1.92 bits per heavy atom. The molecule has 0 aliphatic carbocycles. The molecule has 1 N–H and O–H groups in total. The van der Waals surface area contributed by atoms with Crippen LogP contribution in [-0.4, -0.2) is 11.5 Å². The summed E-state index contributed by atoms with van der Waals surface area (Å²) >= 11 is 2.88. The van der Waals surface area contributed by atoms with Crippen molar-refractivity contribution in [3.05, 3.63) is 34.1 Å². The fourth-order valence-corrected chi connectivity index (χ4v) is 1.50. The summed E-state index contributed by atoms with van der Waals surface area (Å²) < 4.78 is 37.2. The smallest absolute Gasteiger partial charge is 0.268 e. The lowest BCUT2D eigenvalue weighted by Crippen LogP contribution is -2.10. The third-order valence-corrected chi connectivity index (χ3v) is 2.23. The van der Waals surface area contributed by atoms with E-state index in [0.29, 0.717) is 0 Å². The molecule has 0 saturated heterocycles. The first-order valence-corrected chi connectivity index (χ1v) is 4.23. The molecule has 0 radical (unpaired) electrons. The van der Waals surface area contributed by atoms with Gasteiger partial charge in [-0.15, -0.1) is 0 Å². The number of hydrogen-bond donors (Lipinski definition) is 1. The van der Waals surface area contributed by atoms with Crippen LogP contribution >= 0.6 is 15.9 Å². The quantitative estimate of drug-likeness (QED) is 0.861. The Bertz CT molecular complexity index is 283. The van der Waals surface area contributed by atoms with Crippen molar-refractivity contribution in [3.63, 3.8) is 0 Å². The Labute approximate surface area is 81.3 Å². The van der Waals surface area contributed by atoms with Crippen molar-refractivity contribution in [2.45, 2.75) is 12.5 Å². The molecule has 1 rings (SSSR count). The largest absolute Gasteiger partial charge is 0.382 e. The highest BCUT2D eigenvalue weighted by Crippen LogP contribution is 2.29. The molecule has 13 heavy (non-hydrogen) atoms. The van der Waals surface area contributed by atoms with Crippen molar-refractivity contribution in [1.82, 2.24) is 0 Å². The summed E-state index contributed by atoms with van der Waals surface area (Å²) in [5.41, 5.74) is -0.405. The van der Waals surface area contributed by atoms with Crippen LogP contribution in [0.4, 0.5) is 13.2 Å². The molecule has 0 bridgehead atoms. The van der Waals surface area contributed by atoms with Crippen molar-refractivity contribution in [3.8, 4) is 0 Å². The van der Waals surface area contributed by atoms with E-state index in [1.165, 1.54) is 12.1 Å². The Kier molecular flexibility index (Phi) is 3.33. The van der Waals surface area contributed by atoms with E-state index in [4.69, 9.17) is 5.11 Å². The number of benzene rings is 1. The van der Waals surface area contributed by atoms with E-state index in [2.05, 4.69) is 15.9 Å². The Morgan fingerprint density at radius 1 is 1.31 bits per heavy atom. The molecule has 1 aromatic rings. The van der Waals surface area contributed by atoms with E-state index in [0.717, 1.165) is 6.07 Å². The molecule has 1 unspecified atom stereocenters. The molecule has 1 nitrogen and oxygen atoms in total. The summed E-state index contributed by atoms with van der Waals surface area (Å²) in [6.07, 6.45) is -5.08. The molecule has 0 aliphatic heterocycles. The van der Waals surface area contributed by atoms with Crippen LogP contribution in [0.3, 0.4) is 0 Å². The van der Waals surface area contributed by atoms with Gasteiger partial charge in [-0.2, -0.15) is 0 Å². The first-order chi connectivity index (χ1) is 6.04. The number of aliphatic hydroxyl groups excluding tert-OH is 1. The number of halogens is 4. The van der Waals surface area contributed by atoms with Gasteiger partial charge < -0.3 is 5.11 Å². The van der Waals surface area contributed by atoms with Crippen LogP contribution < -0.4 is 0 Å². The lowest BCUT2D eigenvalue weighted by molar-refractivity contribution is -0.00814. The van der Waals surface area contributed by atoms with E-state index in [9.17, 15) is 13.2 Å². The van der Waals surface area contributed by atoms with Gasteiger partial charge in [0, 0.05) is 10.0 Å². The lowest BCUT2D eigenvalue weighted by atomic mass is 10.1. The predicted octanol–water partition coefficient (Wildman–Crippen LogP) is 2.89. The third kappa shape index (κ3) is 2.22. The highest BCUT2D eigenvalue weighted by Gasteiger charge is 2.24. The molecule has 0 spiro atoms. The fourth-order valence-electron chi connectivity index (χ4n) is 0.919. The van der Waals surface area contributed by atoms with Crippen molar-refractivity contribution in [2.75, 3.05) is 0 Å². The molecule has 0 heterocycles.